The number of carbonyl (C=O) groups is 1. The van der Waals surface area contributed by atoms with Gasteiger partial charge < -0.3 is 0 Å². The van der Waals surface area contributed by atoms with Crippen LogP contribution in [0.1, 0.15) is 21.5 Å². The zero-order valence-corrected chi connectivity index (χ0v) is 10.1. The van der Waals surface area contributed by atoms with Crippen molar-refractivity contribution in [2.45, 2.75) is 13.8 Å². The number of halogens is 2. The van der Waals surface area contributed by atoms with Gasteiger partial charge in [-0.15, -0.1) is 0 Å². The first-order chi connectivity index (χ1) is 8.54. The highest BCUT2D eigenvalue weighted by molar-refractivity contribution is 5.88. The van der Waals surface area contributed by atoms with E-state index in [2.05, 4.69) is 0 Å². The largest absolute Gasteiger partial charge is 0.298 e. The van der Waals surface area contributed by atoms with E-state index in [1.165, 1.54) is 0 Å². The van der Waals surface area contributed by atoms with E-state index >= 15 is 0 Å². The summed E-state index contributed by atoms with van der Waals surface area (Å²) in [5.41, 5.74) is 3.31. The second-order valence-electron chi connectivity index (χ2n) is 4.22. The molecule has 0 N–H and O–H groups in total. The molecule has 0 atom stereocenters. The summed E-state index contributed by atoms with van der Waals surface area (Å²) in [4.78, 5) is 11.0. The van der Waals surface area contributed by atoms with E-state index in [1.807, 2.05) is 26.0 Å². The fourth-order valence-corrected chi connectivity index (χ4v) is 1.94. The van der Waals surface area contributed by atoms with Crippen LogP contribution in [0.3, 0.4) is 0 Å². The van der Waals surface area contributed by atoms with Gasteiger partial charge in [-0.05, 0) is 48.2 Å². The molecule has 0 unspecified atom stereocenters. The molecule has 0 radical (unpaired) electrons. The molecular formula is C15H12F2O. The Labute approximate surface area is 104 Å². The lowest BCUT2D eigenvalue weighted by molar-refractivity contribution is 0.112. The molecule has 0 aliphatic carbocycles. The molecule has 0 amide bonds. The van der Waals surface area contributed by atoms with Gasteiger partial charge in [0.25, 0.3) is 0 Å². The van der Waals surface area contributed by atoms with Gasteiger partial charge in [-0.25, -0.2) is 8.78 Å². The molecule has 0 saturated carbocycles. The van der Waals surface area contributed by atoms with Crippen molar-refractivity contribution in [2.75, 3.05) is 0 Å². The Morgan fingerprint density at radius 1 is 1.00 bits per heavy atom. The van der Waals surface area contributed by atoms with Crippen LogP contribution < -0.4 is 0 Å². The van der Waals surface area contributed by atoms with E-state index in [9.17, 15) is 13.6 Å². The number of aryl methyl sites for hydroxylation is 1. The van der Waals surface area contributed by atoms with Gasteiger partial charge in [-0.2, -0.15) is 0 Å². The topological polar surface area (TPSA) is 17.1 Å². The van der Waals surface area contributed by atoms with Crippen molar-refractivity contribution in [3.05, 3.63) is 58.7 Å². The molecule has 2 aromatic rings. The average Bonchev–Trinajstić information content (AvgIpc) is 2.36. The van der Waals surface area contributed by atoms with Crippen LogP contribution in [0.25, 0.3) is 11.1 Å². The number of carbonyl (C=O) groups excluding carboxylic acids is 1. The quantitative estimate of drug-likeness (QED) is 0.730. The third-order valence-corrected chi connectivity index (χ3v) is 3.11. The van der Waals surface area contributed by atoms with Crippen LogP contribution in [-0.4, -0.2) is 6.29 Å². The number of hydrogen-bond acceptors (Lipinski definition) is 1. The molecule has 18 heavy (non-hydrogen) atoms. The summed E-state index contributed by atoms with van der Waals surface area (Å²) in [6.45, 7) is 3.82. The molecular weight excluding hydrogens is 234 g/mol. The summed E-state index contributed by atoms with van der Waals surface area (Å²) in [7, 11) is 0. The standard InChI is InChI=1S/C15H12F2O/c1-9-4-3-5-12(10(9)2)13-7-15(17)14(16)6-11(13)8-18/h3-8H,1-2H3. The Hall–Kier alpha value is -2.03. The van der Waals surface area contributed by atoms with E-state index in [1.54, 1.807) is 6.07 Å². The monoisotopic (exact) mass is 246 g/mol. The summed E-state index contributed by atoms with van der Waals surface area (Å²) < 4.78 is 26.4. The minimum atomic E-state index is -1.01. The van der Waals surface area contributed by atoms with Gasteiger partial charge in [0.1, 0.15) is 0 Å². The summed E-state index contributed by atoms with van der Waals surface area (Å²) in [6, 6.07) is 7.55. The fraction of sp³-hybridized carbons (Fsp3) is 0.133. The molecule has 0 spiro atoms. The maximum atomic E-state index is 13.3. The van der Waals surface area contributed by atoms with E-state index in [-0.39, 0.29) is 5.56 Å². The lowest BCUT2D eigenvalue weighted by Crippen LogP contribution is -1.96. The molecule has 0 fully saturated rings. The second kappa shape index (κ2) is 4.69. The van der Waals surface area contributed by atoms with Crippen LogP contribution in [-0.2, 0) is 0 Å². The predicted molar refractivity (Wildman–Crippen MR) is 66.7 cm³/mol. The van der Waals surface area contributed by atoms with E-state index in [0.717, 1.165) is 28.8 Å². The molecule has 2 aromatic carbocycles. The zero-order chi connectivity index (χ0) is 13.3. The molecule has 92 valence electrons. The third kappa shape index (κ3) is 2.04. The number of aldehydes is 1. The predicted octanol–water partition coefficient (Wildman–Crippen LogP) is 4.06. The smallest absolute Gasteiger partial charge is 0.159 e. The molecule has 3 heteroatoms. The van der Waals surface area contributed by atoms with Crippen molar-refractivity contribution < 1.29 is 13.6 Å². The Bertz CT molecular complexity index is 618. The first-order valence-corrected chi connectivity index (χ1v) is 5.55. The van der Waals surface area contributed by atoms with E-state index in [4.69, 9.17) is 0 Å². The van der Waals surface area contributed by atoms with Crippen molar-refractivity contribution in [1.29, 1.82) is 0 Å². The highest BCUT2D eigenvalue weighted by Crippen LogP contribution is 2.29. The van der Waals surface area contributed by atoms with Gasteiger partial charge in [0, 0.05) is 5.56 Å². The normalized spacial score (nSPS) is 10.4. The van der Waals surface area contributed by atoms with Gasteiger partial charge in [-0.1, -0.05) is 18.2 Å². The van der Waals surface area contributed by atoms with Crippen LogP contribution in [0.2, 0.25) is 0 Å². The van der Waals surface area contributed by atoms with Crippen LogP contribution in [0.5, 0.6) is 0 Å². The van der Waals surface area contributed by atoms with Crippen LogP contribution >= 0.6 is 0 Å². The summed E-state index contributed by atoms with van der Waals surface area (Å²) >= 11 is 0. The highest BCUT2D eigenvalue weighted by atomic mass is 19.2. The summed E-state index contributed by atoms with van der Waals surface area (Å²) in [5, 5.41) is 0. The summed E-state index contributed by atoms with van der Waals surface area (Å²) in [6.07, 6.45) is 0.541. The van der Waals surface area contributed by atoms with Gasteiger partial charge >= 0.3 is 0 Å². The van der Waals surface area contributed by atoms with Crippen molar-refractivity contribution in [3.63, 3.8) is 0 Å². The maximum absolute atomic E-state index is 13.3. The van der Waals surface area contributed by atoms with Gasteiger partial charge in [0.2, 0.25) is 0 Å². The van der Waals surface area contributed by atoms with Gasteiger partial charge in [0.15, 0.2) is 17.9 Å². The molecule has 0 heterocycles. The van der Waals surface area contributed by atoms with Gasteiger partial charge in [0.05, 0.1) is 0 Å². The molecule has 2 rings (SSSR count). The Balaban J connectivity index is 2.74. The maximum Gasteiger partial charge on any atom is 0.159 e. The first-order valence-electron chi connectivity index (χ1n) is 5.55. The lowest BCUT2D eigenvalue weighted by atomic mass is 9.94. The first kappa shape index (κ1) is 12.4. The molecule has 1 nitrogen and oxygen atoms in total. The van der Waals surface area contributed by atoms with E-state index < -0.39 is 11.6 Å². The minimum Gasteiger partial charge on any atom is -0.298 e. The molecule has 0 saturated heterocycles. The lowest BCUT2D eigenvalue weighted by Gasteiger charge is -2.11. The van der Waals surface area contributed by atoms with Crippen molar-refractivity contribution >= 4 is 6.29 Å². The zero-order valence-electron chi connectivity index (χ0n) is 10.1. The second-order valence-corrected chi connectivity index (χ2v) is 4.22. The Morgan fingerprint density at radius 3 is 2.33 bits per heavy atom. The minimum absolute atomic E-state index is 0.155. The van der Waals surface area contributed by atoms with Crippen molar-refractivity contribution in [3.8, 4) is 11.1 Å². The van der Waals surface area contributed by atoms with Gasteiger partial charge in [-0.3, -0.25) is 4.79 Å². The fourth-order valence-electron chi connectivity index (χ4n) is 1.94. The number of hydrogen-bond donors (Lipinski definition) is 0. The van der Waals surface area contributed by atoms with Crippen LogP contribution in [0.4, 0.5) is 8.78 Å². The molecule has 0 aliphatic heterocycles. The molecule has 0 bridgehead atoms. The average molecular weight is 246 g/mol. The molecule has 0 aliphatic rings. The Morgan fingerprint density at radius 2 is 1.67 bits per heavy atom. The summed E-state index contributed by atoms with van der Waals surface area (Å²) in [5.74, 6) is -1.96. The van der Waals surface area contributed by atoms with Crippen molar-refractivity contribution in [1.82, 2.24) is 0 Å². The number of rotatable bonds is 2. The van der Waals surface area contributed by atoms with Crippen LogP contribution in [0, 0.1) is 25.5 Å². The third-order valence-electron chi connectivity index (χ3n) is 3.11. The molecule has 0 aromatic heterocycles. The Kier molecular flexibility index (Phi) is 3.24. The highest BCUT2D eigenvalue weighted by Gasteiger charge is 2.13. The number of benzene rings is 2. The van der Waals surface area contributed by atoms with Crippen LogP contribution in [0.15, 0.2) is 30.3 Å². The van der Waals surface area contributed by atoms with Crippen molar-refractivity contribution in [2.24, 2.45) is 0 Å². The van der Waals surface area contributed by atoms with E-state index in [0.29, 0.717) is 11.8 Å². The SMILES string of the molecule is Cc1cccc(-c2cc(F)c(F)cc2C=O)c1C.